The van der Waals surface area contributed by atoms with Gasteiger partial charge in [-0.05, 0) is 6.42 Å². The largest absolute Gasteiger partial charge is 0.481 e. The van der Waals surface area contributed by atoms with E-state index in [4.69, 9.17) is 5.11 Å². The molecule has 86 valence electrons. The number of carbonyl (C=O) groups is 1. The van der Waals surface area contributed by atoms with Crippen LogP contribution in [0.15, 0.2) is 4.99 Å². The van der Waals surface area contributed by atoms with Gasteiger partial charge in [0.15, 0.2) is 0 Å². The second-order valence-corrected chi connectivity index (χ2v) is 3.67. The zero-order chi connectivity index (χ0) is 11.5. The predicted octanol–water partition coefficient (Wildman–Crippen LogP) is 2.53. The van der Waals surface area contributed by atoms with E-state index >= 15 is 0 Å². The second kappa shape index (κ2) is 9.41. The Balaban J connectivity index is 3.66. The van der Waals surface area contributed by atoms with Gasteiger partial charge in [-0.1, -0.05) is 39.0 Å². The van der Waals surface area contributed by atoms with Crippen molar-refractivity contribution in [3.05, 3.63) is 0 Å². The SMILES string of the molecule is CCCCCCCC(CC(=O)O)N=C=O. The molecule has 0 bridgehead atoms. The van der Waals surface area contributed by atoms with E-state index in [1.807, 2.05) is 0 Å². The van der Waals surface area contributed by atoms with E-state index in [0.29, 0.717) is 6.42 Å². The number of unbranched alkanes of at least 4 members (excludes halogenated alkanes) is 4. The zero-order valence-electron chi connectivity index (χ0n) is 9.24. The van der Waals surface area contributed by atoms with E-state index in [1.165, 1.54) is 25.3 Å². The van der Waals surface area contributed by atoms with Gasteiger partial charge in [-0.3, -0.25) is 4.79 Å². The van der Waals surface area contributed by atoms with Crippen LogP contribution in [0.5, 0.6) is 0 Å². The smallest absolute Gasteiger partial charge is 0.305 e. The molecule has 4 nitrogen and oxygen atoms in total. The van der Waals surface area contributed by atoms with Gasteiger partial charge >= 0.3 is 5.97 Å². The number of carboxylic acids is 1. The Kier molecular flexibility index (Phi) is 8.69. The lowest BCUT2D eigenvalue weighted by Gasteiger charge is -2.06. The normalized spacial score (nSPS) is 11.8. The molecular formula is C11H19NO3. The van der Waals surface area contributed by atoms with Gasteiger partial charge in [0.1, 0.15) is 0 Å². The summed E-state index contributed by atoms with van der Waals surface area (Å²) in [4.78, 5) is 24.0. The van der Waals surface area contributed by atoms with Crippen LogP contribution in [-0.4, -0.2) is 23.2 Å². The van der Waals surface area contributed by atoms with Crippen molar-refractivity contribution in [2.24, 2.45) is 4.99 Å². The van der Waals surface area contributed by atoms with Gasteiger partial charge < -0.3 is 5.11 Å². The molecule has 0 aromatic heterocycles. The van der Waals surface area contributed by atoms with Gasteiger partial charge in [0, 0.05) is 0 Å². The van der Waals surface area contributed by atoms with Gasteiger partial charge in [0.2, 0.25) is 6.08 Å². The van der Waals surface area contributed by atoms with E-state index in [0.717, 1.165) is 12.8 Å². The van der Waals surface area contributed by atoms with E-state index in [9.17, 15) is 9.59 Å². The Hall–Kier alpha value is -1.15. The number of hydrogen-bond acceptors (Lipinski definition) is 3. The average molecular weight is 213 g/mol. The van der Waals surface area contributed by atoms with Crippen LogP contribution in [0.1, 0.15) is 51.9 Å². The van der Waals surface area contributed by atoms with Crippen molar-refractivity contribution in [3.8, 4) is 0 Å². The van der Waals surface area contributed by atoms with Crippen molar-refractivity contribution >= 4 is 12.0 Å². The third-order valence-corrected chi connectivity index (χ3v) is 2.29. The fraction of sp³-hybridized carbons (Fsp3) is 0.818. The minimum atomic E-state index is -0.910. The zero-order valence-corrected chi connectivity index (χ0v) is 9.24. The van der Waals surface area contributed by atoms with Crippen LogP contribution in [0.3, 0.4) is 0 Å². The molecule has 0 spiro atoms. The molecule has 0 rings (SSSR count). The fourth-order valence-corrected chi connectivity index (χ4v) is 1.47. The van der Waals surface area contributed by atoms with E-state index in [-0.39, 0.29) is 12.5 Å². The minimum Gasteiger partial charge on any atom is -0.481 e. The molecule has 0 amide bonds. The lowest BCUT2D eigenvalue weighted by Crippen LogP contribution is -2.11. The summed E-state index contributed by atoms with van der Waals surface area (Å²) in [6, 6.07) is -0.387. The molecule has 0 aliphatic heterocycles. The summed E-state index contributed by atoms with van der Waals surface area (Å²) in [7, 11) is 0. The van der Waals surface area contributed by atoms with Crippen LogP contribution in [0.4, 0.5) is 0 Å². The standard InChI is InChI=1S/C11H19NO3/c1-2-3-4-5-6-7-10(12-9-13)8-11(14)15/h10H,2-8H2,1H3,(H,14,15). The first-order valence-electron chi connectivity index (χ1n) is 5.49. The average Bonchev–Trinajstić information content (AvgIpc) is 2.17. The summed E-state index contributed by atoms with van der Waals surface area (Å²) in [5.74, 6) is -0.910. The van der Waals surface area contributed by atoms with E-state index < -0.39 is 5.97 Å². The van der Waals surface area contributed by atoms with Crippen LogP contribution >= 0.6 is 0 Å². The summed E-state index contributed by atoms with van der Waals surface area (Å²) in [5, 5.41) is 8.56. The van der Waals surface area contributed by atoms with Crippen molar-refractivity contribution in [3.63, 3.8) is 0 Å². The molecule has 0 aromatic carbocycles. The number of aliphatic carboxylic acids is 1. The van der Waals surface area contributed by atoms with Gasteiger partial charge in [0.05, 0.1) is 12.5 Å². The summed E-state index contributed by atoms with van der Waals surface area (Å²) in [5.41, 5.74) is 0. The minimum absolute atomic E-state index is 0.0665. The number of carbonyl (C=O) groups excluding carboxylic acids is 1. The lowest BCUT2D eigenvalue weighted by molar-refractivity contribution is -0.137. The summed E-state index contributed by atoms with van der Waals surface area (Å²) < 4.78 is 0. The molecule has 0 saturated heterocycles. The number of carboxylic acid groups (broad SMARTS) is 1. The van der Waals surface area contributed by atoms with Crippen LogP contribution in [-0.2, 0) is 9.59 Å². The van der Waals surface area contributed by atoms with Gasteiger partial charge in [-0.25, -0.2) is 9.79 Å². The van der Waals surface area contributed by atoms with E-state index in [1.54, 1.807) is 0 Å². The topological polar surface area (TPSA) is 66.7 Å². The molecule has 1 atom stereocenters. The molecular weight excluding hydrogens is 194 g/mol. The molecule has 0 saturated carbocycles. The van der Waals surface area contributed by atoms with Crippen molar-refractivity contribution in [2.75, 3.05) is 0 Å². The highest BCUT2D eigenvalue weighted by Crippen LogP contribution is 2.11. The Bertz CT molecular complexity index is 222. The molecule has 4 heteroatoms. The maximum absolute atomic E-state index is 10.4. The Morgan fingerprint density at radius 2 is 2.00 bits per heavy atom. The van der Waals surface area contributed by atoms with Crippen LogP contribution in [0, 0.1) is 0 Å². The predicted molar refractivity (Wildman–Crippen MR) is 57.5 cm³/mol. The first kappa shape index (κ1) is 13.8. The Morgan fingerprint density at radius 3 is 2.53 bits per heavy atom. The molecule has 0 fully saturated rings. The van der Waals surface area contributed by atoms with Crippen molar-refractivity contribution in [1.82, 2.24) is 0 Å². The van der Waals surface area contributed by atoms with E-state index in [2.05, 4.69) is 11.9 Å². The number of nitrogens with zero attached hydrogens (tertiary/aromatic N) is 1. The first-order chi connectivity index (χ1) is 7.20. The first-order valence-corrected chi connectivity index (χ1v) is 5.49. The highest BCUT2D eigenvalue weighted by Gasteiger charge is 2.11. The van der Waals surface area contributed by atoms with Gasteiger partial charge in [0.25, 0.3) is 0 Å². The number of isocyanates is 1. The summed E-state index contributed by atoms with van der Waals surface area (Å²) in [6.45, 7) is 2.14. The molecule has 0 aliphatic rings. The van der Waals surface area contributed by atoms with Gasteiger partial charge in [-0.2, -0.15) is 0 Å². The molecule has 1 unspecified atom stereocenters. The highest BCUT2D eigenvalue weighted by molar-refractivity contribution is 5.67. The Labute approximate surface area is 90.4 Å². The molecule has 15 heavy (non-hydrogen) atoms. The number of aliphatic imine (C=N–C) groups is 1. The number of rotatable bonds is 9. The maximum Gasteiger partial charge on any atom is 0.305 e. The quantitative estimate of drug-likeness (QED) is 0.363. The second-order valence-electron chi connectivity index (χ2n) is 3.67. The maximum atomic E-state index is 10.4. The monoisotopic (exact) mass is 213 g/mol. The summed E-state index contributed by atoms with van der Waals surface area (Å²) in [6.07, 6.45) is 7.62. The van der Waals surface area contributed by atoms with Crippen molar-refractivity contribution in [2.45, 2.75) is 57.9 Å². The number of hydrogen-bond donors (Lipinski definition) is 1. The van der Waals surface area contributed by atoms with Gasteiger partial charge in [-0.15, -0.1) is 0 Å². The van der Waals surface area contributed by atoms with Crippen LogP contribution in [0.2, 0.25) is 0 Å². The van der Waals surface area contributed by atoms with Crippen molar-refractivity contribution in [1.29, 1.82) is 0 Å². The van der Waals surface area contributed by atoms with Crippen molar-refractivity contribution < 1.29 is 14.7 Å². The molecule has 0 aromatic rings. The fourth-order valence-electron chi connectivity index (χ4n) is 1.47. The third-order valence-electron chi connectivity index (χ3n) is 2.29. The molecule has 0 radical (unpaired) electrons. The lowest BCUT2D eigenvalue weighted by atomic mass is 10.0. The van der Waals surface area contributed by atoms with Crippen LogP contribution in [0.25, 0.3) is 0 Å². The molecule has 0 heterocycles. The summed E-state index contributed by atoms with van der Waals surface area (Å²) >= 11 is 0. The Morgan fingerprint density at radius 1 is 1.33 bits per heavy atom. The third kappa shape index (κ3) is 9.16. The molecule has 1 N–H and O–H groups in total. The van der Waals surface area contributed by atoms with Crippen LogP contribution < -0.4 is 0 Å². The highest BCUT2D eigenvalue weighted by atomic mass is 16.4. The molecule has 0 aliphatic carbocycles.